The van der Waals surface area contributed by atoms with E-state index in [4.69, 9.17) is 0 Å². The van der Waals surface area contributed by atoms with Crippen LogP contribution in [-0.2, 0) is 0 Å². The summed E-state index contributed by atoms with van der Waals surface area (Å²) in [4.78, 5) is 12.0. The van der Waals surface area contributed by atoms with E-state index in [-0.39, 0.29) is 5.78 Å². The maximum Gasteiger partial charge on any atom is 0.163 e. The summed E-state index contributed by atoms with van der Waals surface area (Å²) in [6.45, 7) is 9.54. The maximum atomic E-state index is 12.0. The molecule has 0 spiro atoms. The van der Waals surface area contributed by atoms with Crippen molar-refractivity contribution < 1.29 is 9.90 Å². The number of phenolic OH excluding ortho intramolecular Hbond substituents is 1. The number of aromatic hydroxyl groups is 1. The standard InChI is InChI=1S/C14H20O2/c1-6-7-12(15)13-8(2)10(4)14(16)11(5)9(13)3/h16H,6-7H2,1-5H3. The summed E-state index contributed by atoms with van der Waals surface area (Å²) < 4.78 is 0. The number of hydrogen-bond acceptors (Lipinski definition) is 2. The molecule has 88 valence electrons. The predicted molar refractivity (Wildman–Crippen MR) is 66.3 cm³/mol. The first-order chi connectivity index (χ1) is 7.41. The summed E-state index contributed by atoms with van der Waals surface area (Å²) >= 11 is 0. The Kier molecular flexibility index (Phi) is 3.74. The second-order valence-electron chi connectivity index (χ2n) is 4.40. The number of phenols is 1. The predicted octanol–water partition coefficient (Wildman–Crippen LogP) is 3.61. The van der Waals surface area contributed by atoms with E-state index in [0.717, 1.165) is 34.2 Å². The zero-order valence-corrected chi connectivity index (χ0v) is 10.8. The second-order valence-corrected chi connectivity index (χ2v) is 4.40. The van der Waals surface area contributed by atoms with Gasteiger partial charge >= 0.3 is 0 Å². The van der Waals surface area contributed by atoms with Crippen molar-refractivity contribution in [1.82, 2.24) is 0 Å². The highest BCUT2D eigenvalue weighted by Gasteiger charge is 2.18. The Hall–Kier alpha value is -1.31. The summed E-state index contributed by atoms with van der Waals surface area (Å²) in [7, 11) is 0. The van der Waals surface area contributed by atoms with Gasteiger partial charge in [0.25, 0.3) is 0 Å². The average Bonchev–Trinajstić information content (AvgIpc) is 2.24. The van der Waals surface area contributed by atoms with Crippen LogP contribution in [-0.4, -0.2) is 10.9 Å². The number of hydrogen-bond donors (Lipinski definition) is 1. The Morgan fingerprint density at radius 3 is 1.81 bits per heavy atom. The minimum Gasteiger partial charge on any atom is -0.507 e. The van der Waals surface area contributed by atoms with Gasteiger partial charge in [0, 0.05) is 12.0 Å². The van der Waals surface area contributed by atoms with Crippen molar-refractivity contribution in [1.29, 1.82) is 0 Å². The zero-order chi connectivity index (χ0) is 12.5. The highest BCUT2D eigenvalue weighted by atomic mass is 16.3. The fraction of sp³-hybridized carbons (Fsp3) is 0.500. The van der Waals surface area contributed by atoms with E-state index in [1.165, 1.54) is 0 Å². The molecular formula is C14H20O2. The Morgan fingerprint density at radius 2 is 1.44 bits per heavy atom. The molecule has 2 nitrogen and oxygen atoms in total. The van der Waals surface area contributed by atoms with Gasteiger partial charge in [-0.2, -0.15) is 0 Å². The van der Waals surface area contributed by atoms with Crippen LogP contribution in [0.25, 0.3) is 0 Å². The molecule has 1 N–H and O–H groups in total. The quantitative estimate of drug-likeness (QED) is 0.790. The number of carbonyl (C=O) groups excluding carboxylic acids is 1. The highest BCUT2D eigenvalue weighted by molar-refractivity contribution is 5.99. The molecule has 1 aromatic rings. The van der Waals surface area contributed by atoms with E-state index in [1.54, 1.807) is 0 Å². The molecule has 0 aliphatic carbocycles. The largest absolute Gasteiger partial charge is 0.507 e. The molecule has 0 saturated heterocycles. The van der Waals surface area contributed by atoms with Crippen molar-refractivity contribution in [2.75, 3.05) is 0 Å². The van der Waals surface area contributed by atoms with Crippen LogP contribution in [0.1, 0.15) is 52.4 Å². The maximum absolute atomic E-state index is 12.0. The van der Waals surface area contributed by atoms with Gasteiger partial charge in [0.05, 0.1) is 0 Å². The molecule has 0 aliphatic heterocycles. The van der Waals surface area contributed by atoms with Crippen molar-refractivity contribution in [3.8, 4) is 5.75 Å². The lowest BCUT2D eigenvalue weighted by molar-refractivity contribution is 0.0980. The van der Waals surface area contributed by atoms with Crippen molar-refractivity contribution in [2.24, 2.45) is 0 Å². The molecule has 16 heavy (non-hydrogen) atoms. The van der Waals surface area contributed by atoms with Crippen LogP contribution >= 0.6 is 0 Å². The third-order valence-corrected chi connectivity index (χ3v) is 3.34. The van der Waals surface area contributed by atoms with Gasteiger partial charge in [0.1, 0.15) is 5.75 Å². The number of carbonyl (C=O) groups is 1. The van der Waals surface area contributed by atoms with Crippen LogP contribution in [0.3, 0.4) is 0 Å². The summed E-state index contributed by atoms with van der Waals surface area (Å²) in [6.07, 6.45) is 1.43. The molecule has 0 amide bonds. The second kappa shape index (κ2) is 4.69. The normalized spacial score (nSPS) is 10.6. The summed E-state index contributed by atoms with van der Waals surface area (Å²) in [5, 5.41) is 9.89. The van der Waals surface area contributed by atoms with Crippen LogP contribution < -0.4 is 0 Å². The highest BCUT2D eigenvalue weighted by Crippen LogP contribution is 2.32. The SMILES string of the molecule is CCCC(=O)c1c(C)c(C)c(O)c(C)c1C. The number of rotatable bonds is 3. The minimum absolute atomic E-state index is 0.184. The average molecular weight is 220 g/mol. The molecule has 0 fully saturated rings. The van der Waals surface area contributed by atoms with Gasteiger partial charge in [-0.1, -0.05) is 6.92 Å². The van der Waals surface area contributed by atoms with E-state index in [1.807, 2.05) is 34.6 Å². The first-order valence-corrected chi connectivity index (χ1v) is 5.74. The lowest BCUT2D eigenvalue weighted by atomic mass is 9.89. The van der Waals surface area contributed by atoms with Crippen LogP contribution in [0.4, 0.5) is 0 Å². The van der Waals surface area contributed by atoms with Gasteiger partial charge in [-0.15, -0.1) is 0 Å². The molecule has 0 aromatic heterocycles. The Bertz CT molecular complexity index is 402. The fourth-order valence-electron chi connectivity index (χ4n) is 2.06. The minimum atomic E-state index is 0.184. The van der Waals surface area contributed by atoms with E-state index in [2.05, 4.69) is 0 Å². The molecule has 0 bridgehead atoms. The molecule has 0 radical (unpaired) electrons. The number of ketones is 1. The molecule has 1 rings (SSSR count). The van der Waals surface area contributed by atoms with Gasteiger partial charge in [-0.25, -0.2) is 0 Å². The molecule has 1 aromatic carbocycles. The molecule has 0 unspecified atom stereocenters. The van der Waals surface area contributed by atoms with E-state index >= 15 is 0 Å². The van der Waals surface area contributed by atoms with Crippen LogP contribution in [0, 0.1) is 27.7 Å². The third-order valence-electron chi connectivity index (χ3n) is 3.34. The van der Waals surface area contributed by atoms with Crippen molar-refractivity contribution in [2.45, 2.75) is 47.5 Å². The molecule has 0 saturated carbocycles. The van der Waals surface area contributed by atoms with Crippen LogP contribution in [0.5, 0.6) is 5.75 Å². The number of Topliss-reactive ketones (excluding diaryl/α,β-unsaturated/α-hetero) is 1. The van der Waals surface area contributed by atoms with E-state index in [0.29, 0.717) is 12.2 Å². The van der Waals surface area contributed by atoms with E-state index < -0.39 is 0 Å². The first kappa shape index (κ1) is 12.8. The van der Waals surface area contributed by atoms with Crippen LogP contribution in [0.15, 0.2) is 0 Å². The Morgan fingerprint density at radius 1 is 1.00 bits per heavy atom. The van der Waals surface area contributed by atoms with Gasteiger partial charge < -0.3 is 5.11 Å². The van der Waals surface area contributed by atoms with Gasteiger partial charge in [0.15, 0.2) is 5.78 Å². The van der Waals surface area contributed by atoms with Crippen molar-refractivity contribution in [3.05, 3.63) is 27.8 Å². The molecule has 0 heterocycles. The Balaban J connectivity index is 3.45. The fourth-order valence-corrected chi connectivity index (χ4v) is 2.06. The van der Waals surface area contributed by atoms with Crippen LogP contribution in [0.2, 0.25) is 0 Å². The first-order valence-electron chi connectivity index (χ1n) is 5.74. The lowest BCUT2D eigenvalue weighted by Gasteiger charge is -2.16. The lowest BCUT2D eigenvalue weighted by Crippen LogP contribution is -2.07. The van der Waals surface area contributed by atoms with Crippen molar-refractivity contribution in [3.63, 3.8) is 0 Å². The van der Waals surface area contributed by atoms with Crippen molar-refractivity contribution >= 4 is 5.78 Å². The smallest absolute Gasteiger partial charge is 0.163 e. The topological polar surface area (TPSA) is 37.3 Å². The summed E-state index contributed by atoms with van der Waals surface area (Å²) in [5.74, 6) is 0.506. The monoisotopic (exact) mass is 220 g/mol. The molecular weight excluding hydrogens is 200 g/mol. The van der Waals surface area contributed by atoms with Gasteiger partial charge in [0.2, 0.25) is 0 Å². The van der Waals surface area contributed by atoms with Gasteiger partial charge in [-0.3, -0.25) is 4.79 Å². The summed E-state index contributed by atoms with van der Waals surface area (Å²) in [5.41, 5.74) is 4.28. The van der Waals surface area contributed by atoms with Gasteiger partial charge in [-0.05, 0) is 56.4 Å². The zero-order valence-electron chi connectivity index (χ0n) is 10.8. The van der Waals surface area contributed by atoms with E-state index in [9.17, 15) is 9.90 Å². The number of benzene rings is 1. The summed E-state index contributed by atoms with van der Waals surface area (Å²) in [6, 6.07) is 0. The molecule has 0 atom stereocenters. The molecule has 2 heteroatoms. The Labute approximate surface area is 97.3 Å². The molecule has 0 aliphatic rings. The third kappa shape index (κ3) is 1.97.